The number of hydrogen-bond donors (Lipinski definition) is 1. The van der Waals surface area contributed by atoms with Crippen LogP contribution in [0.3, 0.4) is 0 Å². The molecule has 1 nitrogen and oxygen atoms in total. The van der Waals surface area contributed by atoms with Gasteiger partial charge in [-0.05, 0) is 41.7 Å². The lowest BCUT2D eigenvalue weighted by Gasteiger charge is -2.05. The molecule has 18 heavy (non-hydrogen) atoms. The molecule has 0 amide bonds. The molecule has 3 rings (SSSR count). The molecule has 1 aromatic heterocycles. The molecule has 0 bridgehead atoms. The molecular weight excluding hydrogens is 238 g/mol. The van der Waals surface area contributed by atoms with Crippen LogP contribution in [0, 0.1) is 0 Å². The Labute approximate surface area is 113 Å². The van der Waals surface area contributed by atoms with Crippen LogP contribution in [0.4, 0.5) is 0 Å². The molecule has 1 fully saturated rings. The summed E-state index contributed by atoms with van der Waals surface area (Å²) in [6.45, 7) is 3.29. The van der Waals surface area contributed by atoms with Gasteiger partial charge in [0.2, 0.25) is 0 Å². The van der Waals surface area contributed by atoms with Crippen molar-refractivity contribution in [3.05, 3.63) is 40.8 Å². The van der Waals surface area contributed by atoms with Gasteiger partial charge in [0, 0.05) is 17.3 Å². The number of fused-ring (bicyclic) bond motifs is 1. The van der Waals surface area contributed by atoms with Gasteiger partial charge >= 0.3 is 0 Å². The first-order chi connectivity index (χ1) is 8.86. The van der Waals surface area contributed by atoms with Crippen molar-refractivity contribution in [1.82, 2.24) is 5.32 Å². The summed E-state index contributed by atoms with van der Waals surface area (Å²) >= 11 is 1.84. The molecule has 94 valence electrons. The lowest BCUT2D eigenvalue weighted by Crippen LogP contribution is -2.18. The Morgan fingerprint density at radius 3 is 3.00 bits per heavy atom. The summed E-state index contributed by atoms with van der Waals surface area (Å²) in [4.78, 5) is 0. The van der Waals surface area contributed by atoms with Crippen molar-refractivity contribution in [3.8, 4) is 0 Å². The lowest BCUT2D eigenvalue weighted by atomic mass is 10.1. The van der Waals surface area contributed by atoms with Crippen LogP contribution in [0.25, 0.3) is 16.2 Å². The van der Waals surface area contributed by atoms with E-state index in [1.807, 2.05) is 11.3 Å². The molecule has 0 spiro atoms. The standard InChI is InChI=1S/C16H19NS/c1-2-12(10-17-14-7-8-14)9-13-11-18-16-6-4-3-5-15(13)16/h3-6,9,11,14,17H,2,7-8,10H2,1H3. The summed E-state index contributed by atoms with van der Waals surface area (Å²) in [7, 11) is 0. The minimum absolute atomic E-state index is 0.791. The highest BCUT2D eigenvalue weighted by Gasteiger charge is 2.20. The maximum absolute atomic E-state index is 3.60. The summed E-state index contributed by atoms with van der Waals surface area (Å²) in [5, 5.41) is 7.27. The average molecular weight is 257 g/mol. The Morgan fingerprint density at radius 2 is 2.22 bits per heavy atom. The molecule has 0 saturated heterocycles. The van der Waals surface area contributed by atoms with Gasteiger partial charge < -0.3 is 5.32 Å². The first kappa shape index (κ1) is 11.9. The van der Waals surface area contributed by atoms with Crippen LogP contribution in [0.1, 0.15) is 31.7 Å². The Balaban J connectivity index is 1.82. The molecule has 2 heteroatoms. The maximum atomic E-state index is 3.60. The zero-order chi connectivity index (χ0) is 12.4. The Bertz CT molecular complexity index is 563. The zero-order valence-corrected chi connectivity index (χ0v) is 11.6. The van der Waals surface area contributed by atoms with Crippen LogP contribution in [-0.2, 0) is 0 Å². The molecular formula is C16H19NS. The number of thiophene rings is 1. The Kier molecular flexibility index (Phi) is 3.48. The van der Waals surface area contributed by atoms with E-state index in [0.717, 1.165) is 19.0 Å². The largest absolute Gasteiger partial charge is 0.310 e. The third-order valence-corrected chi connectivity index (χ3v) is 4.50. The van der Waals surface area contributed by atoms with Gasteiger partial charge in [-0.3, -0.25) is 0 Å². The van der Waals surface area contributed by atoms with Crippen molar-refractivity contribution in [2.75, 3.05) is 6.54 Å². The van der Waals surface area contributed by atoms with E-state index in [1.165, 1.54) is 34.1 Å². The van der Waals surface area contributed by atoms with Gasteiger partial charge in [-0.2, -0.15) is 0 Å². The second-order valence-electron chi connectivity index (χ2n) is 5.00. The first-order valence-electron chi connectivity index (χ1n) is 6.76. The van der Waals surface area contributed by atoms with Crippen LogP contribution < -0.4 is 5.32 Å². The molecule has 1 saturated carbocycles. The van der Waals surface area contributed by atoms with Gasteiger partial charge in [0.25, 0.3) is 0 Å². The van der Waals surface area contributed by atoms with Gasteiger partial charge in [0.05, 0.1) is 0 Å². The average Bonchev–Trinajstić information content (AvgIpc) is 3.15. The lowest BCUT2D eigenvalue weighted by molar-refractivity contribution is 0.723. The first-order valence-corrected chi connectivity index (χ1v) is 7.64. The van der Waals surface area contributed by atoms with Crippen molar-refractivity contribution < 1.29 is 0 Å². The molecule has 2 aromatic rings. The van der Waals surface area contributed by atoms with Crippen LogP contribution >= 0.6 is 11.3 Å². The summed E-state index contributed by atoms with van der Waals surface area (Å²) in [6, 6.07) is 9.45. The van der Waals surface area contributed by atoms with Gasteiger partial charge in [-0.1, -0.05) is 36.8 Å². The number of nitrogens with one attached hydrogen (secondary N) is 1. The van der Waals surface area contributed by atoms with Crippen molar-refractivity contribution in [2.24, 2.45) is 0 Å². The Hall–Kier alpha value is -1.12. The third kappa shape index (κ3) is 2.65. The summed E-state index contributed by atoms with van der Waals surface area (Å²) in [6.07, 6.45) is 6.22. The quantitative estimate of drug-likeness (QED) is 0.834. The Morgan fingerprint density at radius 1 is 1.39 bits per heavy atom. The summed E-state index contributed by atoms with van der Waals surface area (Å²) in [5.41, 5.74) is 2.88. The minimum atomic E-state index is 0.791. The van der Waals surface area contributed by atoms with Crippen molar-refractivity contribution >= 4 is 27.5 Å². The highest BCUT2D eigenvalue weighted by molar-refractivity contribution is 7.17. The van der Waals surface area contributed by atoms with Crippen molar-refractivity contribution in [1.29, 1.82) is 0 Å². The predicted octanol–water partition coefficient (Wildman–Crippen LogP) is 4.45. The van der Waals surface area contributed by atoms with Crippen LogP contribution in [0.15, 0.2) is 35.2 Å². The van der Waals surface area contributed by atoms with Gasteiger partial charge in [0.15, 0.2) is 0 Å². The summed E-state index contributed by atoms with van der Waals surface area (Å²) in [5.74, 6) is 0. The molecule has 1 aliphatic rings. The van der Waals surface area contributed by atoms with Crippen LogP contribution in [0.5, 0.6) is 0 Å². The highest BCUT2D eigenvalue weighted by Crippen LogP contribution is 2.28. The van der Waals surface area contributed by atoms with Gasteiger partial charge in [0.1, 0.15) is 0 Å². The van der Waals surface area contributed by atoms with E-state index in [-0.39, 0.29) is 0 Å². The third-order valence-electron chi connectivity index (χ3n) is 3.52. The van der Waals surface area contributed by atoms with E-state index < -0.39 is 0 Å². The molecule has 0 unspecified atom stereocenters. The topological polar surface area (TPSA) is 12.0 Å². The van der Waals surface area contributed by atoms with E-state index in [4.69, 9.17) is 0 Å². The normalized spacial score (nSPS) is 16.4. The van der Waals surface area contributed by atoms with Crippen LogP contribution in [0.2, 0.25) is 0 Å². The summed E-state index contributed by atoms with van der Waals surface area (Å²) < 4.78 is 1.38. The van der Waals surface area contributed by atoms with E-state index in [2.05, 4.69) is 48.0 Å². The second-order valence-corrected chi connectivity index (χ2v) is 5.91. The molecule has 1 heterocycles. The van der Waals surface area contributed by atoms with E-state index in [9.17, 15) is 0 Å². The number of rotatable bonds is 5. The predicted molar refractivity (Wildman–Crippen MR) is 81.1 cm³/mol. The van der Waals surface area contributed by atoms with E-state index >= 15 is 0 Å². The monoisotopic (exact) mass is 257 g/mol. The van der Waals surface area contributed by atoms with Gasteiger partial charge in [-0.15, -0.1) is 11.3 Å². The van der Waals surface area contributed by atoms with Gasteiger partial charge in [-0.25, -0.2) is 0 Å². The second kappa shape index (κ2) is 5.25. The maximum Gasteiger partial charge on any atom is 0.0348 e. The fourth-order valence-electron chi connectivity index (χ4n) is 2.17. The highest BCUT2D eigenvalue weighted by atomic mass is 32.1. The van der Waals surface area contributed by atoms with E-state index in [0.29, 0.717) is 0 Å². The minimum Gasteiger partial charge on any atom is -0.310 e. The van der Waals surface area contributed by atoms with Crippen molar-refractivity contribution in [2.45, 2.75) is 32.2 Å². The smallest absolute Gasteiger partial charge is 0.0348 e. The molecule has 0 aliphatic heterocycles. The number of hydrogen-bond acceptors (Lipinski definition) is 2. The molecule has 1 aliphatic carbocycles. The van der Waals surface area contributed by atoms with Crippen LogP contribution in [-0.4, -0.2) is 12.6 Å². The molecule has 0 radical (unpaired) electrons. The fourth-order valence-corrected chi connectivity index (χ4v) is 3.09. The van der Waals surface area contributed by atoms with Crippen molar-refractivity contribution in [3.63, 3.8) is 0 Å². The van der Waals surface area contributed by atoms with E-state index in [1.54, 1.807) is 0 Å². The fraction of sp³-hybridized carbons (Fsp3) is 0.375. The molecule has 1 aromatic carbocycles. The molecule has 0 atom stereocenters. The SMILES string of the molecule is CCC(=Cc1csc2ccccc12)CNC1CC1. The zero-order valence-electron chi connectivity index (χ0n) is 10.8. The number of benzene rings is 1. The molecule has 1 N–H and O–H groups in total.